The predicted octanol–water partition coefficient (Wildman–Crippen LogP) is 3.52. The maximum Gasteiger partial charge on any atom is 0.573 e. The fourth-order valence-electron chi connectivity index (χ4n) is 2.10. The van der Waals surface area contributed by atoms with E-state index in [0.717, 1.165) is 12.0 Å². The van der Waals surface area contributed by atoms with Gasteiger partial charge in [-0.1, -0.05) is 19.1 Å². The highest BCUT2D eigenvalue weighted by Crippen LogP contribution is 2.27. The molecule has 0 spiro atoms. The van der Waals surface area contributed by atoms with Gasteiger partial charge in [-0.05, 0) is 37.1 Å². The van der Waals surface area contributed by atoms with Crippen molar-refractivity contribution in [3.63, 3.8) is 0 Å². The van der Waals surface area contributed by atoms with Gasteiger partial charge in [0, 0.05) is 19.8 Å². The van der Waals surface area contributed by atoms with Gasteiger partial charge >= 0.3 is 6.36 Å². The van der Waals surface area contributed by atoms with Crippen molar-refractivity contribution in [2.45, 2.75) is 25.7 Å². The predicted molar refractivity (Wildman–Crippen MR) is 70.6 cm³/mol. The van der Waals surface area contributed by atoms with Crippen molar-refractivity contribution >= 4 is 0 Å². The zero-order valence-electron chi connectivity index (χ0n) is 11.8. The molecule has 0 bridgehead atoms. The molecule has 1 aromatic carbocycles. The molecule has 114 valence electrons. The Hall–Kier alpha value is -1.27. The first-order valence-electron chi connectivity index (χ1n) is 6.37. The fourth-order valence-corrected chi connectivity index (χ4v) is 2.10. The van der Waals surface area contributed by atoms with E-state index >= 15 is 0 Å². The number of ether oxygens (including phenoxy) is 2. The maximum atomic E-state index is 12.2. The number of nitrogens with one attached hydrogen (secondary N) is 1. The second kappa shape index (κ2) is 7.50. The topological polar surface area (TPSA) is 30.5 Å². The minimum atomic E-state index is -4.67. The van der Waals surface area contributed by atoms with Gasteiger partial charge in [-0.2, -0.15) is 0 Å². The molecule has 0 radical (unpaired) electrons. The molecule has 0 aliphatic rings. The molecule has 3 nitrogen and oxygen atoms in total. The van der Waals surface area contributed by atoms with E-state index in [1.165, 1.54) is 12.1 Å². The minimum absolute atomic E-state index is 0.0445. The Morgan fingerprint density at radius 1 is 1.30 bits per heavy atom. The number of halogens is 3. The summed E-state index contributed by atoms with van der Waals surface area (Å²) in [5.41, 5.74) is 0.761. The SMILES string of the molecule is CNC(CC(C)COC)c1cccc(OC(F)(F)F)c1. The lowest BCUT2D eigenvalue weighted by Gasteiger charge is -2.21. The number of benzene rings is 1. The van der Waals surface area contributed by atoms with Crippen LogP contribution < -0.4 is 10.1 Å². The molecule has 0 saturated carbocycles. The Balaban J connectivity index is 2.79. The Morgan fingerprint density at radius 3 is 2.55 bits per heavy atom. The van der Waals surface area contributed by atoms with Gasteiger partial charge in [0.25, 0.3) is 0 Å². The van der Waals surface area contributed by atoms with Crippen molar-refractivity contribution in [1.82, 2.24) is 5.32 Å². The summed E-state index contributed by atoms with van der Waals surface area (Å²) in [5.74, 6) is 0.0966. The summed E-state index contributed by atoms with van der Waals surface area (Å²) in [6.07, 6.45) is -3.91. The smallest absolute Gasteiger partial charge is 0.406 e. The fraction of sp³-hybridized carbons (Fsp3) is 0.571. The number of rotatable bonds is 7. The molecule has 0 aliphatic carbocycles. The van der Waals surface area contributed by atoms with Gasteiger partial charge in [0.2, 0.25) is 0 Å². The molecular weight excluding hydrogens is 271 g/mol. The van der Waals surface area contributed by atoms with E-state index < -0.39 is 6.36 Å². The second-order valence-electron chi connectivity index (χ2n) is 4.76. The van der Waals surface area contributed by atoms with E-state index in [4.69, 9.17) is 4.74 Å². The molecule has 1 aromatic rings. The van der Waals surface area contributed by atoms with Crippen LogP contribution in [-0.4, -0.2) is 27.1 Å². The van der Waals surface area contributed by atoms with Crippen LogP contribution in [0.25, 0.3) is 0 Å². The molecule has 0 amide bonds. The van der Waals surface area contributed by atoms with Crippen LogP contribution in [0, 0.1) is 5.92 Å². The quantitative estimate of drug-likeness (QED) is 0.834. The van der Waals surface area contributed by atoms with Gasteiger partial charge in [-0.25, -0.2) is 0 Å². The summed E-state index contributed by atoms with van der Waals surface area (Å²) in [5, 5.41) is 3.11. The van der Waals surface area contributed by atoms with E-state index in [0.29, 0.717) is 12.5 Å². The van der Waals surface area contributed by atoms with Crippen molar-refractivity contribution in [2.24, 2.45) is 5.92 Å². The molecule has 0 aromatic heterocycles. The summed E-state index contributed by atoms with van der Waals surface area (Å²) in [7, 11) is 3.41. The highest BCUT2D eigenvalue weighted by atomic mass is 19.4. The monoisotopic (exact) mass is 291 g/mol. The molecule has 1 N–H and O–H groups in total. The van der Waals surface area contributed by atoms with Crippen LogP contribution in [0.3, 0.4) is 0 Å². The van der Waals surface area contributed by atoms with E-state index in [1.54, 1.807) is 26.3 Å². The molecule has 0 heterocycles. The van der Waals surface area contributed by atoms with Crippen molar-refractivity contribution < 1.29 is 22.6 Å². The van der Waals surface area contributed by atoms with Crippen LogP contribution in [0.15, 0.2) is 24.3 Å². The molecule has 0 saturated heterocycles. The minimum Gasteiger partial charge on any atom is -0.406 e. The Kier molecular flexibility index (Phi) is 6.29. The lowest BCUT2D eigenvalue weighted by atomic mass is 9.96. The summed E-state index contributed by atoms with van der Waals surface area (Å²) < 4.78 is 45.6. The van der Waals surface area contributed by atoms with Crippen LogP contribution in [0.4, 0.5) is 13.2 Å². The zero-order valence-corrected chi connectivity index (χ0v) is 11.8. The van der Waals surface area contributed by atoms with Crippen molar-refractivity contribution in [3.05, 3.63) is 29.8 Å². The van der Waals surface area contributed by atoms with E-state index in [2.05, 4.69) is 10.1 Å². The lowest BCUT2D eigenvalue weighted by Crippen LogP contribution is -2.21. The van der Waals surface area contributed by atoms with E-state index in [-0.39, 0.29) is 11.8 Å². The van der Waals surface area contributed by atoms with E-state index in [9.17, 15) is 13.2 Å². The first-order valence-corrected chi connectivity index (χ1v) is 6.37. The number of hydrogen-bond donors (Lipinski definition) is 1. The van der Waals surface area contributed by atoms with Crippen LogP contribution in [0.1, 0.15) is 24.9 Å². The maximum absolute atomic E-state index is 12.2. The largest absolute Gasteiger partial charge is 0.573 e. The Labute approximate surface area is 117 Å². The summed E-state index contributed by atoms with van der Waals surface area (Å²) >= 11 is 0. The molecule has 2 unspecified atom stereocenters. The molecule has 6 heteroatoms. The summed E-state index contributed by atoms with van der Waals surface area (Å²) in [6.45, 7) is 2.64. The third kappa shape index (κ3) is 5.79. The van der Waals surface area contributed by atoms with Gasteiger partial charge in [-0.3, -0.25) is 0 Å². The molecular formula is C14H20F3NO2. The Morgan fingerprint density at radius 2 is 2.00 bits per heavy atom. The van der Waals surface area contributed by atoms with Crippen molar-refractivity contribution in [3.8, 4) is 5.75 Å². The third-order valence-electron chi connectivity index (χ3n) is 2.93. The third-order valence-corrected chi connectivity index (χ3v) is 2.93. The molecule has 2 atom stereocenters. The number of methoxy groups -OCH3 is 1. The van der Waals surface area contributed by atoms with Gasteiger partial charge in [-0.15, -0.1) is 13.2 Å². The first-order chi connectivity index (χ1) is 9.35. The highest BCUT2D eigenvalue weighted by molar-refractivity contribution is 5.30. The molecule has 1 rings (SSSR count). The van der Waals surface area contributed by atoms with Crippen molar-refractivity contribution in [2.75, 3.05) is 20.8 Å². The average Bonchev–Trinajstić information content (AvgIpc) is 2.34. The molecule has 20 heavy (non-hydrogen) atoms. The Bertz CT molecular complexity index is 410. The van der Waals surface area contributed by atoms with Crippen LogP contribution in [0.5, 0.6) is 5.75 Å². The average molecular weight is 291 g/mol. The van der Waals surface area contributed by atoms with Gasteiger partial charge in [0.05, 0.1) is 0 Å². The summed E-state index contributed by atoms with van der Waals surface area (Å²) in [4.78, 5) is 0. The number of hydrogen-bond acceptors (Lipinski definition) is 3. The van der Waals surface area contributed by atoms with Crippen LogP contribution in [-0.2, 0) is 4.74 Å². The van der Waals surface area contributed by atoms with Crippen LogP contribution >= 0.6 is 0 Å². The standard InChI is InChI=1S/C14H20F3NO2/c1-10(9-19-3)7-13(18-2)11-5-4-6-12(8-11)20-14(15,16)17/h4-6,8,10,13,18H,7,9H2,1-3H3. The van der Waals surface area contributed by atoms with Crippen LogP contribution in [0.2, 0.25) is 0 Å². The highest BCUT2D eigenvalue weighted by Gasteiger charge is 2.31. The van der Waals surface area contributed by atoms with Crippen molar-refractivity contribution in [1.29, 1.82) is 0 Å². The second-order valence-corrected chi connectivity index (χ2v) is 4.76. The lowest BCUT2D eigenvalue weighted by molar-refractivity contribution is -0.274. The zero-order chi connectivity index (χ0) is 15.2. The number of alkyl halides is 3. The summed E-state index contributed by atoms with van der Waals surface area (Å²) in [6, 6.07) is 6.00. The molecule has 0 fully saturated rings. The molecule has 0 aliphatic heterocycles. The van der Waals surface area contributed by atoms with Gasteiger partial charge < -0.3 is 14.8 Å². The van der Waals surface area contributed by atoms with Gasteiger partial charge in [0.1, 0.15) is 5.75 Å². The normalized spacial score (nSPS) is 14.9. The van der Waals surface area contributed by atoms with Gasteiger partial charge in [0.15, 0.2) is 0 Å². The van der Waals surface area contributed by atoms with E-state index in [1.807, 2.05) is 6.92 Å². The first kappa shape index (κ1) is 16.8.